The molecule has 1 aromatic carbocycles. The smallest absolute Gasteiger partial charge is 0.102 e. The molecule has 0 bridgehead atoms. The third-order valence-corrected chi connectivity index (χ3v) is 2.48. The van der Waals surface area contributed by atoms with Gasteiger partial charge in [0, 0.05) is 6.54 Å². The summed E-state index contributed by atoms with van der Waals surface area (Å²) in [7, 11) is 0. The number of nitrogens with one attached hydrogen (secondary N) is 1. The topological polar surface area (TPSA) is 32.3 Å². The average molecular weight is 220 g/mol. The van der Waals surface area contributed by atoms with Crippen molar-refractivity contribution in [1.82, 2.24) is 5.32 Å². The van der Waals surface area contributed by atoms with Crippen LogP contribution in [-0.4, -0.2) is 11.3 Å². The summed E-state index contributed by atoms with van der Waals surface area (Å²) in [5, 5.41) is 12.9. The molecule has 0 aliphatic heterocycles. The minimum atomic E-state index is -0.546. The van der Waals surface area contributed by atoms with Crippen LogP contribution in [0.3, 0.4) is 0 Å². The zero-order valence-electron chi connectivity index (χ0n) is 7.22. The Bertz CT molecular complexity index is 289. The van der Waals surface area contributed by atoms with Crippen LogP contribution in [0.15, 0.2) is 18.2 Å². The molecule has 0 radical (unpaired) electrons. The molecule has 1 unspecified atom stereocenters. The van der Waals surface area contributed by atoms with Gasteiger partial charge in [0.05, 0.1) is 10.0 Å². The Hall–Kier alpha value is -0.280. The first-order chi connectivity index (χ1) is 6.11. The van der Waals surface area contributed by atoms with Gasteiger partial charge in [-0.2, -0.15) is 0 Å². The van der Waals surface area contributed by atoms with Crippen LogP contribution in [0, 0.1) is 0 Å². The molecule has 13 heavy (non-hydrogen) atoms. The molecule has 2 nitrogen and oxygen atoms in total. The Kier molecular flexibility index (Phi) is 4.00. The van der Waals surface area contributed by atoms with Gasteiger partial charge in [0.2, 0.25) is 0 Å². The molecule has 0 saturated carbocycles. The third-order valence-electron chi connectivity index (χ3n) is 1.62. The first kappa shape index (κ1) is 10.8. The van der Waals surface area contributed by atoms with Crippen LogP contribution in [0.25, 0.3) is 0 Å². The summed E-state index contributed by atoms with van der Waals surface area (Å²) in [6.07, 6.45) is -0.546. The number of hydrogen-bond donors (Lipinski definition) is 2. The lowest BCUT2D eigenvalue weighted by Gasteiger charge is -2.09. The molecule has 1 atom stereocenters. The van der Waals surface area contributed by atoms with Gasteiger partial charge in [-0.15, -0.1) is 0 Å². The predicted molar refractivity (Wildman–Crippen MR) is 55.0 cm³/mol. The Morgan fingerprint density at radius 1 is 1.46 bits per heavy atom. The van der Waals surface area contributed by atoms with Gasteiger partial charge in [0.1, 0.15) is 6.23 Å². The van der Waals surface area contributed by atoms with Crippen LogP contribution in [0.1, 0.15) is 12.5 Å². The lowest BCUT2D eigenvalue weighted by Crippen LogP contribution is -2.24. The molecule has 2 N–H and O–H groups in total. The molecule has 0 amide bonds. The number of aliphatic hydroxyl groups is 1. The van der Waals surface area contributed by atoms with E-state index in [-0.39, 0.29) is 0 Å². The molecule has 0 saturated heterocycles. The van der Waals surface area contributed by atoms with E-state index in [1.54, 1.807) is 13.0 Å². The standard InChI is InChI=1S/C9H11Cl2NO/c1-6(13)12-5-7-3-2-4-8(10)9(7)11/h2-4,6,12-13H,5H2,1H3. The number of aliphatic hydroxyl groups excluding tert-OH is 1. The summed E-state index contributed by atoms with van der Waals surface area (Å²) in [6.45, 7) is 2.16. The first-order valence-electron chi connectivity index (χ1n) is 3.95. The SMILES string of the molecule is CC(O)NCc1cccc(Cl)c1Cl. The molecular formula is C9H11Cl2NO. The molecule has 0 aromatic heterocycles. The lowest BCUT2D eigenvalue weighted by atomic mass is 10.2. The highest BCUT2D eigenvalue weighted by Gasteiger charge is 2.04. The minimum Gasteiger partial charge on any atom is -0.379 e. The second-order valence-corrected chi connectivity index (χ2v) is 3.55. The zero-order valence-corrected chi connectivity index (χ0v) is 8.73. The van der Waals surface area contributed by atoms with Gasteiger partial charge in [-0.3, -0.25) is 5.32 Å². The maximum Gasteiger partial charge on any atom is 0.102 e. The maximum absolute atomic E-state index is 8.99. The van der Waals surface area contributed by atoms with Gasteiger partial charge in [-0.05, 0) is 18.6 Å². The molecule has 0 aliphatic carbocycles. The Morgan fingerprint density at radius 2 is 2.15 bits per heavy atom. The summed E-state index contributed by atoms with van der Waals surface area (Å²) in [6, 6.07) is 5.42. The van der Waals surface area contributed by atoms with Crippen molar-refractivity contribution >= 4 is 23.2 Å². The van der Waals surface area contributed by atoms with Crippen molar-refractivity contribution in [2.24, 2.45) is 0 Å². The quantitative estimate of drug-likeness (QED) is 0.766. The van der Waals surface area contributed by atoms with Crippen LogP contribution in [0.2, 0.25) is 10.0 Å². The largest absolute Gasteiger partial charge is 0.379 e. The van der Waals surface area contributed by atoms with Gasteiger partial charge in [-0.1, -0.05) is 35.3 Å². The molecule has 4 heteroatoms. The highest BCUT2D eigenvalue weighted by atomic mass is 35.5. The molecule has 0 spiro atoms. The molecular weight excluding hydrogens is 209 g/mol. The number of rotatable bonds is 3. The van der Waals surface area contributed by atoms with E-state index in [0.717, 1.165) is 5.56 Å². The normalized spacial score (nSPS) is 12.9. The van der Waals surface area contributed by atoms with Crippen molar-refractivity contribution in [2.45, 2.75) is 19.7 Å². The zero-order chi connectivity index (χ0) is 9.84. The van der Waals surface area contributed by atoms with Crippen molar-refractivity contribution in [3.63, 3.8) is 0 Å². The van der Waals surface area contributed by atoms with Crippen LogP contribution in [-0.2, 0) is 6.54 Å². The Morgan fingerprint density at radius 3 is 2.77 bits per heavy atom. The number of hydrogen-bond acceptors (Lipinski definition) is 2. The van der Waals surface area contributed by atoms with Gasteiger partial charge in [-0.25, -0.2) is 0 Å². The fourth-order valence-corrected chi connectivity index (χ4v) is 1.33. The van der Waals surface area contributed by atoms with Gasteiger partial charge < -0.3 is 5.11 Å². The van der Waals surface area contributed by atoms with Gasteiger partial charge in [0.25, 0.3) is 0 Å². The highest BCUT2D eigenvalue weighted by Crippen LogP contribution is 2.25. The fourth-order valence-electron chi connectivity index (χ4n) is 0.943. The number of benzene rings is 1. The van der Waals surface area contributed by atoms with E-state index in [1.807, 2.05) is 12.1 Å². The molecule has 1 rings (SSSR count). The summed E-state index contributed by atoms with van der Waals surface area (Å²) >= 11 is 11.7. The van der Waals surface area contributed by atoms with Crippen molar-refractivity contribution in [3.8, 4) is 0 Å². The molecule has 0 aliphatic rings. The van der Waals surface area contributed by atoms with Crippen molar-refractivity contribution in [1.29, 1.82) is 0 Å². The maximum atomic E-state index is 8.99. The summed E-state index contributed by atoms with van der Waals surface area (Å²) < 4.78 is 0. The van der Waals surface area contributed by atoms with Crippen LogP contribution >= 0.6 is 23.2 Å². The van der Waals surface area contributed by atoms with Crippen molar-refractivity contribution in [2.75, 3.05) is 0 Å². The highest BCUT2D eigenvalue weighted by molar-refractivity contribution is 6.42. The van der Waals surface area contributed by atoms with E-state index >= 15 is 0 Å². The first-order valence-corrected chi connectivity index (χ1v) is 4.71. The van der Waals surface area contributed by atoms with E-state index in [4.69, 9.17) is 28.3 Å². The predicted octanol–water partition coefficient (Wildman–Crippen LogP) is 2.42. The van der Waals surface area contributed by atoms with E-state index in [2.05, 4.69) is 5.32 Å². The van der Waals surface area contributed by atoms with Crippen molar-refractivity contribution in [3.05, 3.63) is 33.8 Å². The average Bonchev–Trinajstić information content (AvgIpc) is 2.07. The summed E-state index contributed by atoms with van der Waals surface area (Å²) in [4.78, 5) is 0. The van der Waals surface area contributed by atoms with Crippen LogP contribution < -0.4 is 5.32 Å². The van der Waals surface area contributed by atoms with E-state index in [0.29, 0.717) is 16.6 Å². The fraction of sp³-hybridized carbons (Fsp3) is 0.333. The van der Waals surface area contributed by atoms with E-state index in [9.17, 15) is 0 Å². The minimum absolute atomic E-state index is 0.511. The molecule has 0 heterocycles. The van der Waals surface area contributed by atoms with Gasteiger partial charge in [0.15, 0.2) is 0 Å². The lowest BCUT2D eigenvalue weighted by molar-refractivity contribution is 0.155. The van der Waals surface area contributed by atoms with Crippen LogP contribution in [0.5, 0.6) is 0 Å². The molecule has 0 fully saturated rings. The number of halogens is 2. The van der Waals surface area contributed by atoms with Crippen LogP contribution in [0.4, 0.5) is 0 Å². The van der Waals surface area contributed by atoms with Crippen molar-refractivity contribution < 1.29 is 5.11 Å². The second kappa shape index (κ2) is 4.82. The molecule has 72 valence electrons. The monoisotopic (exact) mass is 219 g/mol. The Labute approximate surface area is 87.5 Å². The second-order valence-electron chi connectivity index (χ2n) is 2.77. The Balaban J connectivity index is 2.71. The van der Waals surface area contributed by atoms with E-state index in [1.165, 1.54) is 0 Å². The third kappa shape index (κ3) is 3.16. The summed E-state index contributed by atoms with van der Waals surface area (Å²) in [5.74, 6) is 0. The molecule has 1 aromatic rings. The summed E-state index contributed by atoms with van der Waals surface area (Å²) in [5.41, 5.74) is 0.884. The van der Waals surface area contributed by atoms with Gasteiger partial charge >= 0.3 is 0 Å². The van der Waals surface area contributed by atoms with E-state index < -0.39 is 6.23 Å².